The summed E-state index contributed by atoms with van der Waals surface area (Å²) in [6.45, 7) is 7.06. The Morgan fingerprint density at radius 1 is 1.14 bits per heavy atom. The Morgan fingerprint density at radius 3 is 2.54 bits per heavy atom. The van der Waals surface area contributed by atoms with Gasteiger partial charge >= 0.3 is 0 Å². The lowest BCUT2D eigenvalue weighted by Crippen LogP contribution is -3.14. The summed E-state index contributed by atoms with van der Waals surface area (Å²) in [5.41, 5.74) is 1.15. The van der Waals surface area contributed by atoms with E-state index in [4.69, 9.17) is 9.47 Å². The topological polar surface area (TPSA) is 52.0 Å². The van der Waals surface area contributed by atoms with Crippen molar-refractivity contribution in [2.45, 2.75) is 17.9 Å². The average molecular weight is 402 g/mol. The third kappa shape index (κ3) is 6.55. The summed E-state index contributed by atoms with van der Waals surface area (Å²) in [6, 6.07) is 18.1. The van der Waals surface area contributed by atoms with Crippen LogP contribution in [0.25, 0.3) is 0 Å². The fourth-order valence-electron chi connectivity index (χ4n) is 3.27. The zero-order valence-electron chi connectivity index (χ0n) is 16.4. The molecule has 1 aliphatic heterocycles. The predicted molar refractivity (Wildman–Crippen MR) is 112 cm³/mol. The second-order valence-corrected chi connectivity index (χ2v) is 7.84. The third-order valence-corrected chi connectivity index (χ3v) is 5.75. The van der Waals surface area contributed by atoms with Crippen molar-refractivity contribution in [2.75, 3.05) is 45.2 Å². The van der Waals surface area contributed by atoms with Crippen LogP contribution in [0.1, 0.15) is 18.5 Å². The minimum absolute atomic E-state index is 0.0164. The van der Waals surface area contributed by atoms with E-state index in [0.29, 0.717) is 12.4 Å². The molecule has 1 heterocycles. The maximum absolute atomic E-state index is 12.6. The molecule has 0 bridgehead atoms. The Kier molecular flexibility index (Phi) is 8.21. The maximum Gasteiger partial charge on any atom is 0.231 e. The number of rotatable bonds is 9. The number of carbonyl (C=O) groups excluding carboxylic acids is 1. The summed E-state index contributed by atoms with van der Waals surface area (Å²) in [5.74, 6) is 1.31. The van der Waals surface area contributed by atoms with E-state index >= 15 is 0 Å². The molecule has 1 saturated heterocycles. The molecule has 6 heteroatoms. The number of hydrogen-bond acceptors (Lipinski definition) is 4. The normalized spacial score (nSPS) is 15.8. The van der Waals surface area contributed by atoms with Gasteiger partial charge in [0.05, 0.1) is 25.6 Å². The van der Waals surface area contributed by atoms with Gasteiger partial charge in [-0.1, -0.05) is 30.3 Å². The summed E-state index contributed by atoms with van der Waals surface area (Å²) in [4.78, 5) is 15.2. The van der Waals surface area contributed by atoms with Crippen LogP contribution < -0.4 is 15.0 Å². The van der Waals surface area contributed by atoms with Crippen LogP contribution >= 0.6 is 11.8 Å². The van der Waals surface area contributed by atoms with Crippen molar-refractivity contribution < 1.29 is 19.2 Å². The highest BCUT2D eigenvalue weighted by Gasteiger charge is 2.22. The first-order chi connectivity index (χ1) is 13.7. The van der Waals surface area contributed by atoms with Gasteiger partial charge in [-0.3, -0.25) is 4.79 Å². The zero-order valence-corrected chi connectivity index (χ0v) is 17.2. The van der Waals surface area contributed by atoms with Crippen molar-refractivity contribution >= 4 is 17.7 Å². The summed E-state index contributed by atoms with van der Waals surface area (Å²) in [6.07, 6.45) is 0. The molecule has 3 rings (SSSR count). The molecule has 0 saturated carbocycles. The van der Waals surface area contributed by atoms with Crippen LogP contribution in [0.15, 0.2) is 59.5 Å². The number of quaternary nitrogens is 1. The number of ether oxygens (including phenoxy) is 2. The molecular weight excluding hydrogens is 372 g/mol. The van der Waals surface area contributed by atoms with Crippen LogP contribution in [-0.4, -0.2) is 51.1 Å². The first kappa shape index (κ1) is 20.7. The highest BCUT2D eigenvalue weighted by Crippen LogP contribution is 2.21. The van der Waals surface area contributed by atoms with Gasteiger partial charge in [0.1, 0.15) is 31.4 Å². The molecule has 1 aliphatic rings. The molecule has 1 amide bonds. The lowest BCUT2D eigenvalue weighted by atomic mass is 10.1. The molecule has 0 aliphatic carbocycles. The Morgan fingerprint density at radius 2 is 1.86 bits per heavy atom. The summed E-state index contributed by atoms with van der Waals surface area (Å²) < 4.78 is 10.9. The van der Waals surface area contributed by atoms with Crippen LogP contribution in [0.5, 0.6) is 5.75 Å². The fourth-order valence-corrected chi connectivity index (χ4v) is 3.98. The van der Waals surface area contributed by atoms with Crippen molar-refractivity contribution in [3.63, 3.8) is 0 Å². The van der Waals surface area contributed by atoms with Gasteiger partial charge < -0.3 is 19.7 Å². The Labute approximate surface area is 171 Å². The fraction of sp³-hybridized carbons (Fsp3) is 0.409. The summed E-state index contributed by atoms with van der Waals surface area (Å²) >= 11 is 1.54. The van der Waals surface area contributed by atoms with E-state index in [2.05, 4.69) is 17.4 Å². The van der Waals surface area contributed by atoms with E-state index in [9.17, 15) is 4.79 Å². The maximum atomic E-state index is 12.6. The van der Waals surface area contributed by atoms with Crippen LogP contribution in [0.2, 0.25) is 0 Å². The average Bonchev–Trinajstić information content (AvgIpc) is 2.74. The second kappa shape index (κ2) is 11.1. The zero-order chi connectivity index (χ0) is 19.6. The van der Waals surface area contributed by atoms with E-state index < -0.39 is 0 Å². The Balaban J connectivity index is 1.55. The molecule has 28 heavy (non-hydrogen) atoms. The van der Waals surface area contributed by atoms with Gasteiger partial charge in [-0.15, -0.1) is 11.8 Å². The number of thioether (sulfide) groups is 1. The Bertz CT molecular complexity index is 718. The number of carbonyl (C=O) groups is 1. The van der Waals surface area contributed by atoms with Gasteiger partial charge in [0, 0.05) is 4.90 Å². The van der Waals surface area contributed by atoms with Crippen LogP contribution in [-0.2, 0) is 9.53 Å². The quantitative estimate of drug-likeness (QED) is 0.631. The standard InChI is InChI=1S/C22H28N2O3S/c1-2-27-19-8-10-20(11-9-19)28-17-22(25)23-21(18-6-4-3-5-7-18)16-24-12-14-26-15-13-24/h3-11,21H,2,12-17H2,1H3,(H,23,25)/p+1/t21-/m1/s1. The first-order valence-corrected chi connectivity index (χ1v) is 10.8. The number of hydrogen-bond donors (Lipinski definition) is 2. The molecule has 1 atom stereocenters. The van der Waals surface area contributed by atoms with E-state index in [1.165, 1.54) is 4.90 Å². The van der Waals surface area contributed by atoms with E-state index in [0.717, 1.165) is 49.1 Å². The Hall–Kier alpha value is -2.02. The largest absolute Gasteiger partial charge is 0.494 e. The van der Waals surface area contributed by atoms with Gasteiger partial charge in [-0.2, -0.15) is 0 Å². The highest BCUT2D eigenvalue weighted by atomic mass is 32.2. The van der Waals surface area contributed by atoms with Crippen molar-refractivity contribution in [2.24, 2.45) is 0 Å². The molecule has 0 unspecified atom stereocenters. The number of nitrogens with one attached hydrogen (secondary N) is 2. The monoisotopic (exact) mass is 401 g/mol. The summed E-state index contributed by atoms with van der Waals surface area (Å²) in [5, 5.41) is 3.24. The number of morpholine rings is 1. The van der Waals surface area contributed by atoms with E-state index in [-0.39, 0.29) is 11.9 Å². The highest BCUT2D eigenvalue weighted by molar-refractivity contribution is 8.00. The minimum Gasteiger partial charge on any atom is -0.494 e. The molecule has 2 aromatic carbocycles. The van der Waals surface area contributed by atoms with Crippen molar-refractivity contribution in [1.82, 2.24) is 5.32 Å². The molecule has 1 fully saturated rings. The second-order valence-electron chi connectivity index (χ2n) is 6.79. The van der Waals surface area contributed by atoms with Gasteiger partial charge in [-0.05, 0) is 36.8 Å². The molecule has 0 aromatic heterocycles. The molecule has 0 radical (unpaired) electrons. The predicted octanol–water partition coefficient (Wildman–Crippen LogP) is 1.95. The molecular formula is C22H29N2O3S+. The lowest BCUT2D eigenvalue weighted by molar-refractivity contribution is -0.909. The molecule has 5 nitrogen and oxygen atoms in total. The van der Waals surface area contributed by atoms with Crippen molar-refractivity contribution in [1.29, 1.82) is 0 Å². The van der Waals surface area contributed by atoms with Crippen LogP contribution in [0, 0.1) is 0 Å². The molecule has 150 valence electrons. The smallest absolute Gasteiger partial charge is 0.231 e. The van der Waals surface area contributed by atoms with Gasteiger partial charge in [0.15, 0.2) is 0 Å². The van der Waals surface area contributed by atoms with Gasteiger partial charge in [0.2, 0.25) is 5.91 Å². The van der Waals surface area contributed by atoms with Crippen molar-refractivity contribution in [3.05, 3.63) is 60.2 Å². The lowest BCUT2D eigenvalue weighted by Gasteiger charge is -2.28. The van der Waals surface area contributed by atoms with E-state index in [1.807, 2.05) is 49.4 Å². The molecule has 2 N–H and O–H groups in total. The van der Waals surface area contributed by atoms with Gasteiger partial charge in [-0.25, -0.2) is 0 Å². The number of benzene rings is 2. The molecule has 2 aromatic rings. The van der Waals surface area contributed by atoms with Gasteiger partial charge in [0.25, 0.3) is 0 Å². The first-order valence-electron chi connectivity index (χ1n) is 9.86. The summed E-state index contributed by atoms with van der Waals surface area (Å²) in [7, 11) is 0. The van der Waals surface area contributed by atoms with Crippen LogP contribution in [0.4, 0.5) is 0 Å². The third-order valence-electron chi connectivity index (χ3n) is 4.73. The SMILES string of the molecule is CCOc1ccc(SCC(=O)N[C@H](C[NH+]2CCOCC2)c2ccccc2)cc1. The number of amides is 1. The molecule has 0 spiro atoms. The van der Waals surface area contributed by atoms with E-state index in [1.54, 1.807) is 11.8 Å². The van der Waals surface area contributed by atoms with Crippen molar-refractivity contribution in [3.8, 4) is 5.75 Å². The van der Waals surface area contributed by atoms with Crippen LogP contribution in [0.3, 0.4) is 0 Å². The minimum atomic E-state index is 0.0164.